The molecular weight excluding hydrogens is 320 g/mol. The van der Waals surface area contributed by atoms with Gasteiger partial charge in [-0.1, -0.05) is 0 Å². The number of nitrogens with zero attached hydrogens (tertiary/aromatic N) is 4. The highest BCUT2D eigenvalue weighted by atomic mass is 19.1. The average molecular weight is 335 g/mol. The van der Waals surface area contributed by atoms with E-state index < -0.39 is 11.6 Å². The van der Waals surface area contributed by atoms with Crippen LogP contribution in [0.25, 0.3) is 0 Å². The lowest BCUT2D eigenvalue weighted by atomic mass is 10.2. The van der Waals surface area contributed by atoms with Crippen LogP contribution in [0.2, 0.25) is 0 Å². The van der Waals surface area contributed by atoms with Crippen LogP contribution in [0.4, 0.5) is 25.2 Å². The van der Waals surface area contributed by atoms with Gasteiger partial charge in [0, 0.05) is 32.2 Å². The second kappa shape index (κ2) is 6.65. The van der Waals surface area contributed by atoms with Crippen molar-refractivity contribution in [2.75, 3.05) is 36.4 Å². The molecule has 0 atom stereocenters. The topological polar surface area (TPSA) is 81.6 Å². The molecule has 2 N–H and O–H groups in total. The maximum atomic E-state index is 13.8. The number of aromatic hydroxyl groups is 1. The fraction of sp³-hybridized carbons (Fsp3) is 0.267. The zero-order chi connectivity index (χ0) is 17.1. The van der Waals surface area contributed by atoms with Crippen molar-refractivity contribution in [1.29, 1.82) is 0 Å². The molecule has 126 valence electrons. The second-order valence-corrected chi connectivity index (χ2v) is 5.26. The minimum atomic E-state index is -0.622. The Hall–Kier alpha value is -2.97. The number of nitrogens with one attached hydrogen (secondary N) is 1. The van der Waals surface area contributed by atoms with Crippen molar-refractivity contribution in [3.05, 3.63) is 42.2 Å². The van der Waals surface area contributed by atoms with Gasteiger partial charge in [0.05, 0.1) is 18.1 Å². The first-order valence-electron chi connectivity index (χ1n) is 7.30. The van der Waals surface area contributed by atoms with E-state index in [0.717, 1.165) is 6.07 Å². The molecule has 3 rings (SSSR count). The molecule has 2 amide bonds. The molecule has 1 aliphatic rings. The highest BCUT2D eigenvalue weighted by Crippen LogP contribution is 2.21. The van der Waals surface area contributed by atoms with Crippen LogP contribution in [0.5, 0.6) is 5.75 Å². The smallest absolute Gasteiger partial charge is 0.324 e. The Morgan fingerprint density at radius 3 is 2.42 bits per heavy atom. The summed E-state index contributed by atoms with van der Waals surface area (Å²) in [5.74, 6) is -1.25. The van der Waals surface area contributed by atoms with E-state index in [-0.39, 0.29) is 17.7 Å². The summed E-state index contributed by atoms with van der Waals surface area (Å²) in [6, 6.07) is 3.07. The van der Waals surface area contributed by atoms with E-state index in [1.54, 1.807) is 9.80 Å². The van der Waals surface area contributed by atoms with Crippen molar-refractivity contribution in [2.24, 2.45) is 0 Å². The summed E-state index contributed by atoms with van der Waals surface area (Å²) in [5.41, 5.74) is 0.318. The molecule has 0 spiro atoms. The van der Waals surface area contributed by atoms with E-state index in [0.29, 0.717) is 31.9 Å². The summed E-state index contributed by atoms with van der Waals surface area (Å²) in [5, 5.41) is 11.6. The number of aromatic nitrogens is 2. The van der Waals surface area contributed by atoms with Crippen molar-refractivity contribution in [1.82, 2.24) is 14.9 Å². The fourth-order valence-corrected chi connectivity index (χ4v) is 2.45. The van der Waals surface area contributed by atoms with Gasteiger partial charge in [-0.15, -0.1) is 0 Å². The number of urea groups is 1. The third-order valence-electron chi connectivity index (χ3n) is 3.67. The highest BCUT2D eigenvalue weighted by Gasteiger charge is 2.23. The summed E-state index contributed by atoms with van der Waals surface area (Å²) < 4.78 is 26.8. The molecule has 0 radical (unpaired) electrons. The summed E-state index contributed by atoms with van der Waals surface area (Å²) in [4.78, 5) is 23.0. The van der Waals surface area contributed by atoms with Gasteiger partial charge in [0.15, 0.2) is 5.75 Å². The fourth-order valence-electron chi connectivity index (χ4n) is 2.45. The van der Waals surface area contributed by atoms with E-state index in [1.807, 2.05) is 0 Å². The van der Waals surface area contributed by atoms with Crippen LogP contribution in [0.15, 0.2) is 30.6 Å². The Kier molecular flexibility index (Phi) is 4.41. The molecule has 1 aromatic heterocycles. The number of rotatable bonds is 2. The molecule has 1 saturated heterocycles. The normalized spacial score (nSPS) is 14.6. The highest BCUT2D eigenvalue weighted by molar-refractivity contribution is 5.87. The maximum absolute atomic E-state index is 13.8. The number of halogens is 2. The number of hydrogen-bond donors (Lipinski definition) is 2. The molecule has 2 heterocycles. The molecule has 1 fully saturated rings. The van der Waals surface area contributed by atoms with E-state index in [2.05, 4.69) is 15.3 Å². The minimum absolute atomic E-state index is 0.0878. The number of amides is 2. The van der Waals surface area contributed by atoms with Gasteiger partial charge in [-0.2, -0.15) is 0 Å². The molecule has 2 aromatic rings. The molecular formula is C15H15F2N5O2. The predicted octanol–water partition coefficient (Wildman–Crippen LogP) is 1.81. The molecule has 0 saturated carbocycles. The van der Waals surface area contributed by atoms with Gasteiger partial charge in [0.25, 0.3) is 0 Å². The minimum Gasteiger partial charge on any atom is -0.505 e. The van der Waals surface area contributed by atoms with Crippen molar-refractivity contribution in [3.63, 3.8) is 0 Å². The van der Waals surface area contributed by atoms with Crippen LogP contribution in [-0.4, -0.2) is 52.2 Å². The van der Waals surface area contributed by atoms with Crippen molar-refractivity contribution in [2.45, 2.75) is 0 Å². The maximum Gasteiger partial charge on any atom is 0.324 e. The van der Waals surface area contributed by atoms with Crippen LogP contribution in [0.3, 0.4) is 0 Å². The molecule has 1 aromatic carbocycles. The Balaban J connectivity index is 1.58. The van der Waals surface area contributed by atoms with Gasteiger partial charge in [-0.3, -0.25) is 5.32 Å². The lowest BCUT2D eigenvalue weighted by molar-refractivity contribution is 0.208. The molecule has 1 aliphatic heterocycles. The monoisotopic (exact) mass is 335 g/mol. The van der Waals surface area contributed by atoms with Gasteiger partial charge >= 0.3 is 6.03 Å². The van der Waals surface area contributed by atoms with E-state index in [1.165, 1.54) is 24.5 Å². The number of carbonyl (C=O) groups excluding carboxylic acids is 1. The zero-order valence-corrected chi connectivity index (χ0v) is 12.6. The van der Waals surface area contributed by atoms with Gasteiger partial charge in [0.2, 0.25) is 5.95 Å². The summed E-state index contributed by atoms with van der Waals surface area (Å²) in [7, 11) is 0. The van der Waals surface area contributed by atoms with E-state index in [9.17, 15) is 13.6 Å². The first kappa shape index (κ1) is 15.9. The van der Waals surface area contributed by atoms with Crippen molar-refractivity contribution < 1.29 is 18.7 Å². The first-order chi connectivity index (χ1) is 11.5. The van der Waals surface area contributed by atoms with Crippen molar-refractivity contribution >= 4 is 17.7 Å². The molecule has 24 heavy (non-hydrogen) atoms. The average Bonchev–Trinajstić information content (AvgIpc) is 2.57. The molecule has 9 heteroatoms. The van der Waals surface area contributed by atoms with Gasteiger partial charge in [-0.05, 0) is 12.1 Å². The summed E-state index contributed by atoms with van der Waals surface area (Å²) >= 11 is 0. The number of piperazine rings is 1. The number of benzene rings is 1. The largest absolute Gasteiger partial charge is 0.505 e. The van der Waals surface area contributed by atoms with Crippen LogP contribution < -0.4 is 10.2 Å². The van der Waals surface area contributed by atoms with Gasteiger partial charge < -0.3 is 14.9 Å². The van der Waals surface area contributed by atoms with Crippen LogP contribution >= 0.6 is 0 Å². The molecule has 7 nitrogen and oxygen atoms in total. The second-order valence-electron chi connectivity index (χ2n) is 5.26. The Labute approximate surface area is 136 Å². The van der Waals surface area contributed by atoms with Crippen LogP contribution in [0.1, 0.15) is 0 Å². The Morgan fingerprint density at radius 1 is 1.12 bits per heavy atom. The lowest BCUT2D eigenvalue weighted by Gasteiger charge is -2.36. The predicted molar refractivity (Wildman–Crippen MR) is 82.9 cm³/mol. The third-order valence-corrected chi connectivity index (χ3v) is 3.67. The summed E-state index contributed by atoms with van der Waals surface area (Å²) in [6.07, 6.45) is 2.36. The first-order valence-corrected chi connectivity index (χ1v) is 7.30. The van der Waals surface area contributed by atoms with Gasteiger partial charge in [0.1, 0.15) is 11.6 Å². The summed E-state index contributed by atoms with van der Waals surface area (Å²) in [6.45, 7) is 1.60. The molecule has 0 aliphatic carbocycles. The Bertz CT molecular complexity index is 733. The van der Waals surface area contributed by atoms with E-state index in [4.69, 9.17) is 5.11 Å². The van der Waals surface area contributed by atoms with Crippen LogP contribution in [0, 0.1) is 11.6 Å². The SMILES string of the molecule is O=C(Nc1ncc(O)cn1)N1CCN(c2ccc(F)cc2F)CC1. The number of carbonyl (C=O) groups is 1. The number of anilines is 2. The standard InChI is InChI=1S/C15H15F2N5O2/c16-10-1-2-13(12(17)7-10)21-3-5-22(6-4-21)15(24)20-14-18-8-11(23)9-19-14/h1-2,7-9,23H,3-6H2,(H,18,19,20,24). The van der Waals surface area contributed by atoms with Crippen LogP contribution in [-0.2, 0) is 0 Å². The molecule has 0 bridgehead atoms. The van der Waals surface area contributed by atoms with Gasteiger partial charge in [-0.25, -0.2) is 23.5 Å². The third kappa shape index (κ3) is 3.50. The Morgan fingerprint density at radius 2 is 1.79 bits per heavy atom. The molecule has 0 unspecified atom stereocenters. The zero-order valence-electron chi connectivity index (χ0n) is 12.6. The quantitative estimate of drug-likeness (QED) is 0.875. The lowest BCUT2D eigenvalue weighted by Crippen LogP contribution is -2.50. The van der Waals surface area contributed by atoms with Crippen molar-refractivity contribution in [3.8, 4) is 5.75 Å². The van der Waals surface area contributed by atoms with E-state index >= 15 is 0 Å². The number of hydrogen-bond acceptors (Lipinski definition) is 5.